The van der Waals surface area contributed by atoms with Gasteiger partial charge in [-0.15, -0.1) is 0 Å². The molecule has 1 amide bonds. The Morgan fingerprint density at radius 2 is 1.77 bits per heavy atom. The van der Waals surface area contributed by atoms with E-state index in [9.17, 15) is 22.8 Å². The van der Waals surface area contributed by atoms with E-state index in [-0.39, 0.29) is 35.1 Å². The van der Waals surface area contributed by atoms with Gasteiger partial charge in [-0.2, -0.15) is 23.0 Å². The van der Waals surface area contributed by atoms with Crippen LogP contribution < -0.4 is 4.90 Å². The lowest BCUT2D eigenvalue weighted by atomic mass is 9.84. The Morgan fingerprint density at radius 3 is 2.41 bits per heavy atom. The number of amides is 1. The molecule has 4 fully saturated rings. The zero-order valence-corrected chi connectivity index (χ0v) is 22.1. The van der Waals surface area contributed by atoms with Gasteiger partial charge in [0.15, 0.2) is 5.78 Å². The molecule has 210 valence electrons. The van der Waals surface area contributed by atoms with E-state index in [0.29, 0.717) is 38.5 Å². The van der Waals surface area contributed by atoms with Gasteiger partial charge in [-0.3, -0.25) is 9.69 Å². The van der Waals surface area contributed by atoms with Gasteiger partial charge in [0.05, 0.1) is 30.9 Å². The maximum absolute atomic E-state index is 13.7. The molecule has 39 heavy (non-hydrogen) atoms. The number of hydrogen-bond donors (Lipinski definition) is 0. The summed E-state index contributed by atoms with van der Waals surface area (Å²) in [6.45, 7) is 5.12. The Balaban J connectivity index is 1.21. The average Bonchev–Trinajstić information content (AvgIpc) is 3.61. The molecule has 1 aromatic carbocycles. The number of carbonyl (C=O) groups excluding carboxylic acids is 2. The number of morpholine rings is 1. The molecule has 11 heteroatoms. The molecular weight excluding hydrogens is 511 g/mol. The lowest BCUT2D eigenvalue weighted by Crippen LogP contribution is -2.53. The van der Waals surface area contributed by atoms with Gasteiger partial charge in [0, 0.05) is 44.0 Å². The fraction of sp³-hybridized carbons (Fsp3) is 0.607. The van der Waals surface area contributed by atoms with Crippen molar-refractivity contribution in [3.05, 3.63) is 47.3 Å². The Labute approximate surface area is 225 Å². The average molecular weight is 546 g/mol. The first kappa shape index (κ1) is 26.3. The van der Waals surface area contributed by atoms with Crippen LogP contribution in [0, 0.1) is 0 Å². The van der Waals surface area contributed by atoms with Crippen LogP contribution in [0.4, 0.5) is 23.7 Å². The third-order valence-corrected chi connectivity index (χ3v) is 9.14. The number of Topliss-reactive ketones (excluding diaryl/α,β-unsaturated/α-hetero) is 1. The number of rotatable bonds is 4. The Morgan fingerprint density at radius 1 is 1.05 bits per heavy atom. The predicted molar refractivity (Wildman–Crippen MR) is 138 cm³/mol. The molecule has 5 heterocycles. The van der Waals surface area contributed by atoms with Crippen molar-refractivity contribution < 1.29 is 27.5 Å². The maximum atomic E-state index is 13.7. The van der Waals surface area contributed by atoms with Crippen molar-refractivity contribution >= 4 is 17.5 Å². The Hall–Kier alpha value is -2.92. The monoisotopic (exact) mass is 545 g/mol. The molecule has 0 radical (unpaired) electrons. The van der Waals surface area contributed by atoms with Crippen molar-refractivity contribution in [2.45, 2.75) is 75.8 Å². The summed E-state index contributed by atoms with van der Waals surface area (Å²) < 4.78 is 48.1. The zero-order valence-electron chi connectivity index (χ0n) is 22.1. The van der Waals surface area contributed by atoms with Gasteiger partial charge in [0.1, 0.15) is 5.69 Å². The van der Waals surface area contributed by atoms with E-state index in [1.165, 1.54) is 29.9 Å². The third kappa shape index (κ3) is 4.84. The topological polar surface area (TPSA) is 70.9 Å². The van der Waals surface area contributed by atoms with E-state index in [1.54, 1.807) is 17.0 Å². The Kier molecular flexibility index (Phi) is 6.69. The number of ether oxygens (including phenoxy) is 1. The van der Waals surface area contributed by atoms with Crippen LogP contribution in [-0.4, -0.2) is 81.9 Å². The van der Waals surface area contributed by atoms with Gasteiger partial charge >= 0.3 is 12.2 Å². The van der Waals surface area contributed by atoms with Crippen molar-refractivity contribution in [1.82, 2.24) is 19.6 Å². The van der Waals surface area contributed by atoms with Crippen LogP contribution in [0.1, 0.15) is 67.1 Å². The smallest absolute Gasteiger partial charge is 0.377 e. The molecule has 2 unspecified atom stereocenters. The van der Waals surface area contributed by atoms with E-state index in [0.717, 1.165) is 50.6 Å². The van der Waals surface area contributed by atoms with Crippen LogP contribution in [0.15, 0.2) is 30.5 Å². The summed E-state index contributed by atoms with van der Waals surface area (Å²) in [5, 5.41) is 4.11. The van der Waals surface area contributed by atoms with Gasteiger partial charge in [-0.1, -0.05) is 6.07 Å². The van der Waals surface area contributed by atoms with Crippen molar-refractivity contribution in [2.75, 3.05) is 37.7 Å². The normalized spacial score (nSPS) is 25.0. The van der Waals surface area contributed by atoms with E-state index in [2.05, 4.69) is 14.9 Å². The number of hydrogen-bond acceptors (Lipinski definition) is 6. The van der Waals surface area contributed by atoms with E-state index < -0.39 is 11.7 Å². The maximum Gasteiger partial charge on any atom is 0.416 e. The number of nitrogens with zero attached hydrogens (tertiary/aromatic N) is 5. The highest BCUT2D eigenvalue weighted by Gasteiger charge is 2.45. The zero-order chi connectivity index (χ0) is 27.4. The van der Waals surface area contributed by atoms with Crippen LogP contribution in [-0.2, 0) is 17.5 Å². The molecule has 6 rings (SSSR count). The number of carbonyl (C=O) groups is 2. The number of alkyl halides is 3. The second-order valence-corrected chi connectivity index (χ2v) is 11.4. The van der Waals surface area contributed by atoms with Gasteiger partial charge in [-0.25, -0.2) is 4.79 Å². The summed E-state index contributed by atoms with van der Waals surface area (Å²) in [4.78, 5) is 31.0. The number of fused-ring (bicyclic) bond motifs is 2. The molecule has 2 aromatic rings. The summed E-state index contributed by atoms with van der Waals surface area (Å²) in [6.07, 6.45) is 2.60. The fourth-order valence-corrected chi connectivity index (χ4v) is 7.03. The van der Waals surface area contributed by atoms with Crippen LogP contribution in [0.3, 0.4) is 0 Å². The highest BCUT2D eigenvalue weighted by Crippen LogP contribution is 2.43. The van der Waals surface area contributed by atoms with Gasteiger partial charge in [0.25, 0.3) is 0 Å². The second kappa shape index (κ2) is 9.92. The van der Waals surface area contributed by atoms with Crippen LogP contribution in [0.5, 0.6) is 0 Å². The predicted octanol–water partition coefficient (Wildman–Crippen LogP) is 4.57. The fourth-order valence-electron chi connectivity index (χ4n) is 7.03. The molecule has 0 saturated carbocycles. The number of piperidine rings is 1. The molecule has 8 nitrogen and oxygen atoms in total. The van der Waals surface area contributed by atoms with Gasteiger partial charge < -0.3 is 14.5 Å². The molecule has 2 bridgehead atoms. The third-order valence-electron chi connectivity index (χ3n) is 9.14. The standard InChI is InChI=1S/C28H34F3N5O3/c1-19(37)24-7-12-35(32-24)26(38)33-13-9-27(10-14-33)8-2-11-34(27)16-20-3-4-21(28(29,30)31)15-25(20)36-22-5-6-23(36)18-39-17-22/h3-4,7,12,15,22-23H,2,5-6,8-11,13-14,16-18H2,1H3. The second-order valence-electron chi connectivity index (χ2n) is 11.4. The molecule has 2 atom stereocenters. The van der Waals surface area contributed by atoms with Crippen molar-refractivity contribution in [1.29, 1.82) is 0 Å². The number of anilines is 1. The first-order valence-corrected chi connectivity index (χ1v) is 13.8. The first-order chi connectivity index (χ1) is 18.6. The highest BCUT2D eigenvalue weighted by atomic mass is 19.4. The quantitative estimate of drug-likeness (QED) is 0.525. The lowest BCUT2D eigenvalue weighted by molar-refractivity contribution is -0.137. The van der Waals surface area contributed by atoms with E-state index in [1.807, 2.05) is 0 Å². The lowest BCUT2D eigenvalue weighted by Gasteiger charge is -2.45. The van der Waals surface area contributed by atoms with Crippen LogP contribution in [0.25, 0.3) is 0 Å². The van der Waals surface area contributed by atoms with E-state index >= 15 is 0 Å². The molecule has 1 spiro atoms. The molecule has 0 aliphatic carbocycles. The SMILES string of the molecule is CC(=O)c1ccn(C(=O)N2CCC3(CCCN3Cc3ccc(C(F)(F)F)cc3N3C4CCC3COC4)CC2)n1. The minimum atomic E-state index is -4.40. The Bertz CT molecular complexity index is 1240. The van der Waals surface area contributed by atoms with Crippen molar-refractivity contribution in [2.24, 2.45) is 0 Å². The minimum Gasteiger partial charge on any atom is -0.377 e. The molecule has 4 aliphatic rings. The number of likely N-dealkylation sites (tertiary alicyclic amines) is 2. The number of halogens is 3. The number of benzene rings is 1. The molecular formula is C28H34F3N5O3. The highest BCUT2D eigenvalue weighted by molar-refractivity contribution is 5.92. The molecule has 4 aliphatic heterocycles. The summed E-state index contributed by atoms with van der Waals surface area (Å²) in [7, 11) is 0. The van der Waals surface area contributed by atoms with Crippen molar-refractivity contribution in [3.8, 4) is 0 Å². The summed E-state index contributed by atoms with van der Waals surface area (Å²) >= 11 is 0. The van der Waals surface area contributed by atoms with Crippen LogP contribution >= 0.6 is 0 Å². The summed E-state index contributed by atoms with van der Waals surface area (Å²) in [5.74, 6) is -0.187. The van der Waals surface area contributed by atoms with Crippen LogP contribution in [0.2, 0.25) is 0 Å². The largest absolute Gasteiger partial charge is 0.416 e. The van der Waals surface area contributed by atoms with E-state index in [4.69, 9.17) is 4.74 Å². The minimum absolute atomic E-state index is 0.0879. The summed E-state index contributed by atoms with van der Waals surface area (Å²) in [5.41, 5.74) is 1.18. The van der Waals surface area contributed by atoms with Gasteiger partial charge in [0.2, 0.25) is 0 Å². The first-order valence-electron chi connectivity index (χ1n) is 13.8. The van der Waals surface area contributed by atoms with Crippen molar-refractivity contribution in [3.63, 3.8) is 0 Å². The molecule has 4 saturated heterocycles. The molecule has 0 N–H and O–H groups in total. The number of aromatic nitrogens is 2. The summed E-state index contributed by atoms with van der Waals surface area (Å²) in [6, 6.07) is 5.75. The van der Waals surface area contributed by atoms with Gasteiger partial charge in [-0.05, 0) is 68.8 Å². The number of ketones is 1. The molecule has 1 aromatic heterocycles.